The van der Waals surface area contributed by atoms with Crippen LogP contribution in [0.4, 0.5) is 0 Å². The maximum Gasteiger partial charge on any atom is 0.256 e. The van der Waals surface area contributed by atoms with Gasteiger partial charge in [0.05, 0.1) is 11.3 Å². The lowest BCUT2D eigenvalue weighted by molar-refractivity contribution is 0.0638. The van der Waals surface area contributed by atoms with E-state index in [0.717, 1.165) is 54.3 Å². The predicted molar refractivity (Wildman–Crippen MR) is 132 cm³/mol. The van der Waals surface area contributed by atoms with E-state index in [0.29, 0.717) is 0 Å². The number of amides is 1. The number of benzene rings is 2. The van der Waals surface area contributed by atoms with E-state index in [2.05, 4.69) is 69.6 Å². The molecule has 3 heterocycles. The van der Waals surface area contributed by atoms with Crippen LogP contribution >= 0.6 is 11.3 Å². The second-order valence-electron chi connectivity index (χ2n) is 8.22. The minimum Gasteiger partial charge on any atom is -0.333 e. The summed E-state index contributed by atoms with van der Waals surface area (Å²) in [7, 11) is 0. The quantitative estimate of drug-likeness (QED) is 0.464. The zero-order valence-electron chi connectivity index (χ0n) is 18.2. The third-order valence-corrected chi connectivity index (χ3v) is 7.00. The number of aromatic nitrogens is 1. The number of nitrogens with zero attached hydrogens (tertiary/aromatic N) is 2. The average Bonchev–Trinajstić information content (AvgIpc) is 3.47. The van der Waals surface area contributed by atoms with Crippen LogP contribution in [0.3, 0.4) is 0 Å². The molecule has 4 aromatic rings. The fraction of sp³-hybridized carbons (Fsp3) is 0.222. The molecule has 4 nitrogen and oxygen atoms in total. The van der Waals surface area contributed by atoms with Crippen molar-refractivity contribution >= 4 is 17.2 Å². The number of carbonyl (C=O) groups is 1. The van der Waals surface area contributed by atoms with Crippen LogP contribution in [0, 0.1) is 6.92 Å². The van der Waals surface area contributed by atoms with Crippen molar-refractivity contribution in [3.05, 3.63) is 100 Å². The Morgan fingerprint density at radius 3 is 2.50 bits per heavy atom. The van der Waals surface area contributed by atoms with Crippen LogP contribution in [-0.2, 0) is 6.42 Å². The smallest absolute Gasteiger partial charge is 0.256 e. The number of hydrogen-bond acceptors (Lipinski definition) is 3. The van der Waals surface area contributed by atoms with Gasteiger partial charge in [-0.25, -0.2) is 0 Å². The van der Waals surface area contributed by atoms with E-state index in [1.165, 1.54) is 4.88 Å². The summed E-state index contributed by atoms with van der Waals surface area (Å²) in [4.78, 5) is 17.4. The van der Waals surface area contributed by atoms with Crippen molar-refractivity contribution in [2.75, 3.05) is 19.6 Å². The number of thiophene rings is 1. The van der Waals surface area contributed by atoms with Crippen molar-refractivity contribution in [2.45, 2.75) is 19.4 Å². The first-order chi connectivity index (χ1) is 15.7. The van der Waals surface area contributed by atoms with Gasteiger partial charge in [0.25, 0.3) is 5.91 Å². The van der Waals surface area contributed by atoms with Gasteiger partial charge in [-0.2, -0.15) is 0 Å². The number of piperazine rings is 1. The summed E-state index contributed by atoms with van der Waals surface area (Å²) in [6, 6.07) is 27.0. The molecule has 0 unspecified atom stereocenters. The molecule has 5 heteroatoms. The summed E-state index contributed by atoms with van der Waals surface area (Å²) in [6.07, 6.45) is 0.884. The second-order valence-corrected chi connectivity index (χ2v) is 9.26. The van der Waals surface area contributed by atoms with Gasteiger partial charge in [0.15, 0.2) is 0 Å². The van der Waals surface area contributed by atoms with Crippen LogP contribution in [0.25, 0.3) is 16.9 Å². The van der Waals surface area contributed by atoms with E-state index in [9.17, 15) is 4.79 Å². The Bertz CT molecular complexity index is 1180. The van der Waals surface area contributed by atoms with Crippen molar-refractivity contribution in [2.24, 2.45) is 0 Å². The number of hydrogen-bond donors (Lipinski definition) is 1. The van der Waals surface area contributed by atoms with E-state index in [1.807, 2.05) is 36.4 Å². The monoisotopic (exact) mass is 441 g/mol. The molecule has 1 aliphatic rings. The molecule has 0 saturated carbocycles. The lowest BCUT2D eigenvalue weighted by Gasteiger charge is -2.36. The molecule has 1 saturated heterocycles. The molecular formula is C27H27N3OS. The molecule has 1 N–H and O–H groups in total. The fourth-order valence-electron chi connectivity index (χ4n) is 4.62. The zero-order valence-corrected chi connectivity index (χ0v) is 19.0. The van der Waals surface area contributed by atoms with Crippen LogP contribution < -0.4 is 5.32 Å². The van der Waals surface area contributed by atoms with Gasteiger partial charge < -0.3 is 14.8 Å². The number of nitrogens with one attached hydrogen (secondary N) is 1. The largest absolute Gasteiger partial charge is 0.333 e. The maximum absolute atomic E-state index is 14.0. The SMILES string of the molecule is Cc1cc(C(=O)N2CCNC[C@H]2Cc2cccs2)c(-c2ccccc2)n1-c1ccccc1. The van der Waals surface area contributed by atoms with Crippen molar-refractivity contribution < 1.29 is 4.79 Å². The highest BCUT2D eigenvalue weighted by atomic mass is 32.1. The fourth-order valence-corrected chi connectivity index (χ4v) is 5.40. The first-order valence-electron chi connectivity index (χ1n) is 11.1. The molecule has 1 atom stereocenters. The minimum atomic E-state index is 0.115. The van der Waals surface area contributed by atoms with E-state index in [4.69, 9.17) is 0 Å². The Morgan fingerprint density at radius 1 is 1.03 bits per heavy atom. The van der Waals surface area contributed by atoms with Gasteiger partial charge in [0, 0.05) is 48.4 Å². The van der Waals surface area contributed by atoms with Crippen LogP contribution in [0.2, 0.25) is 0 Å². The highest BCUT2D eigenvalue weighted by Crippen LogP contribution is 2.32. The van der Waals surface area contributed by atoms with Crippen molar-refractivity contribution in [3.8, 4) is 16.9 Å². The summed E-state index contributed by atoms with van der Waals surface area (Å²) in [5, 5.41) is 5.58. The molecule has 1 fully saturated rings. The molecule has 2 aromatic carbocycles. The predicted octanol–water partition coefficient (Wildman–Crippen LogP) is 5.17. The minimum absolute atomic E-state index is 0.115. The van der Waals surface area contributed by atoms with Crippen LogP contribution in [0.5, 0.6) is 0 Å². The summed E-state index contributed by atoms with van der Waals surface area (Å²) in [5.41, 5.74) is 4.92. The molecule has 5 rings (SSSR count). The number of aryl methyl sites for hydroxylation is 1. The maximum atomic E-state index is 14.0. The summed E-state index contributed by atoms with van der Waals surface area (Å²) in [6.45, 7) is 4.45. The van der Waals surface area contributed by atoms with Gasteiger partial charge >= 0.3 is 0 Å². The van der Waals surface area contributed by atoms with Gasteiger partial charge in [-0.1, -0.05) is 54.6 Å². The zero-order chi connectivity index (χ0) is 21.9. The summed E-state index contributed by atoms with van der Waals surface area (Å²) in [5.74, 6) is 0.115. The molecule has 0 spiro atoms. The van der Waals surface area contributed by atoms with Gasteiger partial charge in [0.1, 0.15) is 0 Å². The van der Waals surface area contributed by atoms with Crippen molar-refractivity contribution in [1.29, 1.82) is 0 Å². The average molecular weight is 442 g/mol. The Kier molecular flexibility index (Phi) is 5.93. The highest BCUT2D eigenvalue weighted by molar-refractivity contribution is 7.09. The molecule has 2 aromatic heterocycles. The van der Waals surface area contributed by atoms with E-state index in [-0.39, 0.29) is 11.9 Å². The molecule has 1 amide bonds. The Balaban J connectivity index is 1.59. The molecular weight excluding hydrogens is 414 g/mol. The molecule has 162 valence electrons. The Labute approximate surface area is 193 Å². The molecule has 0 bridgehead atoms. The number of carbonyl (C=O) groups excluding carboxylic acids is 1. The van der Waals surface area contributed by atoms with E-state index >= 15 is 0 Å². The normalized spacial score (nSPS) is 16.3. The van der Waals surface area contributed by atoms with Crippen LogP contribution in [-0.4, -0.2) is 41.1 Å². The third-order valence-electron chi connectivity index (χ3n) is 6.10. The Morgan fingerprint density at radius 2 is 1.78 bits per heavy atom. The first kappa shape index (κ1) is 20.7. The molecule has 0 radical (unpaired) electrons. The second kappa shape index (κ2) is 9.15. The molecule has 0 aliphatic carbocycles. The summed E-state index contributed by atoms with van der Waals surface area (Å²) < 4.78 is 2.21. The van der Waals surface area contributed by atoms with E-state index in [1.54, 1.807) is 11.3 Å². The van der Waals surface area contributed by atoms with Gasteiger partial charge in [-0.05, 0) is 42.1 Å². The molecule has 1 aliphatic heterocycles. The van der Waals surface area contributed by atoms with Gasteiger partial charge in [0.2, 0.25) is 0 Å². The number of para-hydroxylation sites is 1. The van der Waals surface area contributed by atoms with Crippen molar-refractivity contribution in [1.82, 2.24) is 14.8 Å². The highest BCUT2D eigenvalue weighted by Gasteiger charge is 2.31. The lowest BCUT2D eigenvalue weighted by Crippen LogP contribution is -2.54. The van der Waals surface area contributed by atoms with Crippen LogP contribution in [0.1, 0.15) is 20.9 Å². The topological polar surface area (TPSA) is 37.3 Å². The van der Waals surface area contributed by atoms with Crippen molar-refractivity contribution in [3.63, 3.8) is 0 Å². The lowest BCUT2D eigenvalue weighted by atomic mass is 10.0. The standard InChI is InChI=1S/C27H27N3OS/c1-20-17-25(27(31)29-15-14-28-19-23(29)18-24-13-8-16-32-24)26(21-9-4-2-5-10-21)30(20)22-11-6-3-7-12-22/h2-13,16-17,23,28H,14-15,18-19H2,1H3/t23-/m1/s1. The molecule has 32 heavy (non-hydrogen) atoms. The van der Waals surface area contributed by atoms with Gasteiger partial charge in [-0.3, -0.25) is 4.79 Å². The third kappa shape index (κ3) is 4.01. The number of rotatable bonds is 5. The summed E-state index contributed by atoms with van der Waals surface area (Å²) >= 11 is 1.76. The first-order valence-corrected chi connectivity index (χ1v) is 12.0. The van der Waals surface area contributed by atoms with E-state index < -0.39 is 0 Å². The van der Waals surface area contributed by atoms with Crippen LogP contribution in [0.15, 0.2) is 84.2 Å². The van der Waals surface area contributed by atoms with Gasteiger partial charge in [-0.15, -0.1) is 11.3 Å². The Hall–Kier alpha value is -3.15.